The number of carbonyl (C=O) groups is 2. The van der Waals surface area contributed by atoms with Crippen molar-refractivity contribution in [3.05, 3.63) is 29.3 Å². The van der Waals surface area contributed by atoms with Crippen LogP contribution in [0.1, 0.15) is 24.0 Å². The summed E-state index contributed by atoms with van der Waals surface area (Å²) in [6, 6.07) is 6.53. The van der Waals surface area contributed by atoms with Crippen LogP contribution in [-0.2, 0) is 9.59 Å². The van der Waals surface area contributed by atoms with E-state index in [0.717, 1.165) is 78.3 Å². The number of likely N-dealkylation sites (tertiary alicyclic amines) is 1. The summed E-state index contributed by atoms with van der Waals surface area (Å²) in [4.78, 5) is 34.5. The molecule has 31 heavy (non-hydrogen) atoms. The van der Waals surface area contributed by atoms with Crippen LogP contribution in [0.5, 0.6) is 0 Å². The van der Waals surface area contributed by atoms with Crippen LogP contribution in [0.4, 0.5) is 5.69 Å². The molecule has 3 heterocycles. The minimum atomic E-state index is 0.278. The number of hydrogen-bond donors (Lipinski definition) is 2. The average Bonchev–Trinajstić information content (AvgIpc) is 3.32. The highest BCUT2D eigenvalue weighted by Crippen LogP contribution is 2.22. The van der Waals surface area contributed by atoms with Gasteiger partial charge in [0.25, 0.3) is 11.8 Å². The summed E-state index contributed by atoms with van der Waals surface area (Å²) in [6.07, 6.45) is 2.29. The van der Waals surface area contributed by atoms with Gasteiger partial charge < -0.3 is 24.5 Å². The van der Waals surface area contributed by atoms with Crippen molar-refractivity contribution >= 4 is 17.5 Å². The van der Waals surface area contributed by atoms with Gasteiger partial charge in [0, 0.05) is 18.8 Å². The summed E-state index contributed by atoms with van der Waals surface area (Å²) in [7, 11) is 0. The number of anilines is 1. The molecule has 0 bridgehead atoms. The highest BCUT2D eigenvalue weighted by Gasteiger charge is 2.30. The van der Waals surface area contributed by atoms with Crippen molar-refractivity contribution in [2.45, 2.75) is 26.7 Å². The number of aryl methyl sites for hydroxylation is 1. The lowest BCUT2D eigenvalue weighted by molar-refractivity contribution is -0.898. The second-order valence-corrected chi connectivity index (χ2v) is 9.53. The van der Waals surface area contributed by atoms with Crippen LogP contribution in [0.2, 0.25) is 0 Å². The second kappa shape index (κ2) is 10.0. The maximum Gasteiger partial charge on any atom is 0.278 e. The molecule has 1 aromatic carbocycles. The molecule has 0 atom stereocenters. The Labute approximate surface area is 186 Å². The second-order valence-electron chi connectivity index (χ2n) is 9.53. The molecular weight excluding hydrogens is 390 g/mol. The lowest BCUT2D eigenvalue weighted by atomic mass is 10.1. The predicted molar refractivity (Wildman–Crippen MR) is 122 cm³/mol. The van der Waals surface area contributed by atoms with Gasteiger partial charge in [0.05, 0.1) is 52.4 Å². The summed E-state index contributed by atoms with van der Waals surface area (Å²) in [5.41, 5.74) is 4.05. The number of quaternary nitrogens is 2. The smallest absolute Gasteiger partial charge is 0.278 e. The van der Waals surface area contributed by atoms with Crippen molar-refractivity contribution in [3.63, 3.8) is 0 Å². The molecule has 0 unspecified atom stereocenters. The van der Waals surface area contributed by atoms with Crippen LogP contribution >= 0.6 is 0 Å². The molecule has 3 aliphatic heterocycles. The van der Waals surface area contributed by atoms with E-state index in [4.69, 9.17) is 0 Å². The van der Waals surface area contributed by atoms with Gasteiger partial charge in [-0.1, -0.05) is 12.1 Å². The van der Waals surface area contributed by atoms with E-state index in [1.807, 2.05) is 9.80 Å². The maximum atomic E-state index is 12.9. The van der Waals surface area contributed by atoms with Crippen LogP contribution in [0, 0.1) is 13.8 Å². The number of rotatable bonds is 5. The Morgan fingerprint density at radius 2 is 1.29 bits per heavy atom. The van der Waals surface area contributed by atoms with Gasteiger partial charge in [-0.25, -0.2) is 0 Å². The van der Waals surface area contributed by atoms with Crippen molar-refractivity contribution in [3.8, 4) is 0 Å². The Balaban J connectivity index is 1.18. The Morgan fingerprint density at radius 1 is 0.774 bits per heavy atom. The first kappa shape index (κ1) is 22.1. The summed E-state index contributed by atoms with van der Waals surface area (Å²) >= 11 is 0. The van der Waals surface area contributed by atoms with E-state index in [2.05, 4.69) is 36.9 Å². The molecular formula is C24H39N5O2+2. The third-order valence-corrected chi connectivity index (χ3v) is 7.47. The third kappa shape index (κ3) is 5.39. The van der Waals surface area contributed by atoms with Crippen molar-refractivity contribution < 1.29 is 19.4 Å². The highest BCUT2D eigenvalue weighted by molar-refractivity contribution is 5.78. The zero-order valence-electron chi connectivity index (χ0n) is 19.3. The standard InChI is InChI=1S/C24H37N5O2/c1-20-6-5-7-22(21(20)2)27-14-10-25(11-15-27)19-24(31)29-16-12-26(13-17-29)18-23(30)28-8-3-4-9-28/h5-7H,3-4,8-19H2,1-2H3/p+2. The van der Waals surface area contributed by atoms with E-state index in [-0.39, 0.29) is 5.91 Å². The fourth-order valence-electron chi connectivity index (χ4n) is 5.19. The first-order chi connectivity index (χ1) is 15.0. The molecule has 4 rings (SSSR count). The van der Waals surface area contributed by atoms with Crippen molar-refractivity contribution in [1.82, 2.24) is 9.80 Å². The molecule has 3 aliphatic rings. The highest BCUT2D eigenvalue weighted by atomic mass is 16.2. The fourth-order valence-corrected chi connectivity index (χ4v) is 5.19. The molecule has 2 N–H and O–H groups in total. The van der Waals surface area contributed by atoms with Crippen molar-refractivity contribution in [2.75, 3.05) is 83.4 Å². The number of amides is 2. The normalized spacial score (nSPS) is 21.0. The lowest BCUT2D eigenvalue weighted by Gasteiger charge is -2.36. The van der Waals surface area contributed by atoms with Gasteiger partial charge in [-0.15, -0.1) is 0 Å². The fraction of sp³-hybridized carbons (Fsp3) is 0.667. The zero-order chi connectivity index (χ0) is 21.8. The molecule has 7 nitrogen and oxygen atoms in total. The summed E-state index contributed by atoms with van der Waals surface area (Å²) in [5.74, 6) is 0.568. The maximum absolute atomic E-state index is 12.9. The molecule has 0 spiro atoms. The Morgan fingerprint density at radius 3 is 1.87 bits per heavy atom. The van der Waals surface area contributed by atoms with Gasteiger partial charge in [-0.05, 0) is 43.9 Å². The quantitative estimate of drug-likeness (QED) is 0.590. The van der Waals surface area contributed by atoms with Crippen LogP contribution in [0.15, 0.2) is 18.2 Å². The van der Waals surface area contributed by atoms with E-state index in [1.54, 1.807) is 0 Å². The number of nitrogens with zero attached hydrogens (tertiary/aromatic N) is 3. The first-order valence-electron chi connectivity index (χ1n) is 12.0. The summed E-state index contributed by atoms with van der Waals surface area (Å²) < 4.78 is 0. The predicted octanol–water partition coefficient (Wildman–Crippen LogP) is -1.64. The molecule has 0 saturated carbocycles. The third-order valence-electron chi connectivity index (χ3n) is 7.47. The summed E-state index contributed by atoms with van der Waals surface area (Å²) in [5, 5.41) is 0. The molecule has 7 heteroatoms. The van der Waals surface area contributed by atoms with Crippen LogP contribution in [0.25, 0.3) is 0 Å². The minimum Gasteiger partial charge on any atom is -0.360 e. The molecule has 0 radical (unpaired) electrons. The van der Waals surface area contributed by atoms with Crippen LogP contribution < -0.4 is 14.7 Å². The molecule has 170 valence electrons. The minimum absolute atomic E-state index is 0.278. The van der Waals surface area contributed by atoms with E-state index < -0.39 is 0 Å². The van der Waals surface area contributed by atoms with Crippen LogP contribution in [0.3, 0.4) is 0 Å². The van der Waals surface area contributed by atoms with E-state index >= 15 is 0 Å². The SMILES string of the molecule is Cc1cccc(N2CC[NH+](CC(=O)N3CC[NH+](CC(=O)N4CCCC4)CC3)CC2)c1C. The van der Waals surface area contributed by atoms with Crippen LogP contribution in [-0.4, -0.2) is 100 Å². The van der Waals surface area contributed by atoms with Crippen molar-refractivity contribution in [1.29, 1.82) is 0 Å². The van der Waals surface area contributed by atoms with E-state index in [1.165, 1.54) is 26.6 Å². The molecule has 3 fully saturated rings. The van der Waals surface area contributed by atoms with Crippen molar-refractivity contribution in [2.24, 2.45) is 0 Å². The molecule has 1 aromatic rings. The molecule has 2 amide bonds. The van der Waals surface area contributed by atoms with E-state index in [9.17, 15) is 9.59 Å². The molecule has 0 aliphatic carbocycles. The number of piperazine rings is 2. The van der Waals surface area contributed by atoms with Gasteiger partial charge in [-0.2, -0.15) is 0 Å². The van der Waals surface area contributed by atoms with Gasteiger partial charge in [0.2, 0.25) is 0 Å². The van der Waals surface area contributed by atoms with E-state index in [0.29, 0.717) is 19.0 Å². The number of carbonyl (C=O) groups excluding carboxylic acids is 2. The van der Waals surface area contributed by atoms with Gasteiger partial charge in [0.1, 0.15) is 0 Å². The largest absolute Gasteiger partial charge is 0.360 e. The Hall–Kier alpha value is -2.12. The van der Waals surface area contributed by atoms with Gasteiger partial charge in [-0.3, -0.25) is 9.59 Å². The summed E-state index contributed by atoms with van der Waals surface area (Å²) in [6.45, 7) is 14.8. The van der Waals surface area contributed by atoms with Gasteiger partial charge in [0.15, 0.2) is 13.1 Å². The monoisotopic (exact) mass is 429 g/mol. The first-order valence-corrected chi connectivity index (χ1v) is 12.0. The Kier molecular flexibility index (Phi) is 7.13. The molecule has 0 aromatic heterocycles. The molecule has 3 saturated heterocycles. The average molecular weight is 430 g/mol. The number of nitrogens with one attached hydrogen (secondary N) is 2. The topological polar surface area (TPSA) is 52.7 Å². The lowest BCUT2D eigenvalue weighted by Crippen LogP contribution is -3.17. The number of benzene rings is 1. The zero-order valence-corrected chi connectivity index (χ0v) is 19.3. The number of hydrogen-bond acceptors (Lipinski definition) is 3. The van der Waals surface area contributed by atoms with Gasteiger partial charge >= 0.3 is 0 Å². The Bertz CT molecular complexity index is 776.